The Hall–Kier alpha value is -1.47. The SMILES string of the molecule is NC(c1ccc(F)c(Br)c1)c1noc(=O)[nH]1. The monoisotopic (exact) mass is 287 g/mol. The van der Waals surface area contributed by atoms with Crippen LogP contribution in [0.15, 0.2) is 32.0 Å². The molecule has 0 radical (unpaired) electrons. The minimum Gasteiger partial charge on any atom is -0.318 e. The summed E-state index contributed by atoms with van der Waals surface area (Å²) < 4.78 is 17.6. The zero-order valence-electron chi connectivity index (χ0n) is 7.91. The van der Waals surface area contributed by atoms with Gasteiger partial charge in [0.1, 0.15) is 5.82 Å². The normalized spacial score (nSPS) is 12.7. The topological polar surface area (TPSA) is 84.9 Å². The van der Waals surface area contributed by atoms with Crippen molar-refractivity contribution in [1.29, 1.82) is 0 Å². The van der Waals surface area contributed by atoms with E-state index in [1.165, 1.54) is 18.2 Å². The Balaban J connectivity index is 2.37. The van der Waals surface area contributed by atoms with Crippen LogP contribution in [0.2, 0.25) is 0 Å². The van der Waals surface area contributed by atoms with Crippen molar-refractivity contribution in [2.45, 2.75) is 6.04 Å². The van der Waals surface area contributed by atoms with Crippen molar-refractivity contribution >= 4 is 15.9 Å². The van der Waals surface area contributed by atoms with Crippen LogP contribution in [0.5, 0.6) is 0 Å². The molecule has 2 aromatic rings. The number of hydrogen-bond donors (Lipinski definition) is 2. The molecule has 1 aromatic heterocycles. The maximum absolute atomic E-state index is 13.0. The standard InChI is InChI=1S/C9H7BrFN3O2/c10-5-3-4(1-2-6(5)11)7(12)8-13-9(15)16-14-8/h1-3,7H,12H2,(H,13,14,15). The predicted molar refractivity (Wildman–Crippen MR) is 57.3 cm³/mol. The van der Waals surface area contributed by atoms with Crippen LogP contribution in [0.1, 0.15) is 17.4 Å². The summed E-state index contributed by atoms with van der Waals surface area (Å²) in [6.07, 6.45) is 0. The van der Waals surface area contributed by atoms with Gasteiger partial charge in [0.15, 0.2) is 5.82 Å². The van der Waals surface area contributed by atoms with Crippen molar-refractivity contribution < 1.29 is 8.91 Å². The van der Waals surface area contributed by atoms with E-state index in [2.05, 4.69) is 30.6 Å². The summed E-state index contributed by atoms with van der Waals surface area (Å²) in [7, 11) is 0. The Bertz CT molecular complexity index is 566. The molecule has 7 heteroatoms. The summed E-state index contributed by atoms with van der Waals surface area (Å²) in [5.74, 6) is -0.861. The highest BCUT2D eigenvalue weighted by Gasteiger charge is 2.15. The van der Waals surface area contributed by atoms with Gasteiger partial charge in [0.05, 0.1) is 10.5 Å². The maximum Gasteiger partial charge on any atom is 0.438 e. The van der Waals surface area contributed by atoms with E-state index in [1.54, 1.807) is 0 Å². The highest BCUT2D eigenvalue weighted by molar-refractivity contribution is 9.10. The Morgan fingerprint density at radius 1 is 1.56 bits per heavy atom. The molecule has 2 rings (SSSR count). The molecule has 1 unspecified atom stereocenters. The molecule has 1 atom stereocenters. The van der Waals surface area contributed by atoms with E-state index in [9.17, 15) is 9.18 Å². The van der Waals surface area contributed by atoms with E-state index in [-0.39, 0.29) is 11.6 Å². The number of nitrogens with two attached hydrogens (primary N) is 1. The van der Waals surface area contributed by atoms with Crippen LogP contribution >= 0.6 is 15.9 Å². The lowest BCUT2D eigenvalue weighted by Gasteiger charge is -2.08. The van der Waals surface area contributed by atoms with Gasteiger partial charge in [-0.3, -0.25) is 9.51 Å². The second kappa shape index (κ2) is 4.18. The second-order valence-corrected chi connectivity index (χ2v) is 3.99. The van der Waals surface area contributed by atoms with Gasteiger partial charge in [-0.25, -0.2) is 9.18 Å². The lowest BCUT2D eigenvalue weighted by Crippen LogP contribution is -2.14. The molecule has 3 N–H and O–H groups in total. The van der Waals surface area contributed by atoms with Crippen molar-refractivity contribution in [1.82, 2.24) is 10.1 Å². The largest absolute Gasteiger partial charge is 0.438 e. The number of H-pyrrole nitrogens is 1. The molecule has 0 amide bonds. The van der Waals surface area contributed by atoms with Crippen LogP contribution in [-0.4, -0.2) is 10.1 Å². The molecular formula is C9H7BrFN3O2. The smallest absolute Gasteiger partial charge is 0.318 e. The number of nitrogens with one attached hydrogen (secondary N) is 1. The lowest BCUT2D eigenvalue weighted by atomic mass is 10.1. The van der Waals surface area contributed by atoms with Crippen LogP contribution in [0.4, 0.5) is 4.39 Å². The number of halogens is 2. The zero-order chi connectivity index (χ0) is 11.7. The van der Waals surface area contributed by atoms with Crippen molar-refractivity contribution in [3.63, 3.8) is 0 Å². The van der Waals surface area contributed by atoms with Crippen LogP contribution in [-0.2, 0) is 0 Å². The summed E-state index contributed by atoms with van der Waals surface area (Å²) in [6, 6.07) is 3.64. The summed E-state index contributed by atoms with van der Waals surface area (Å²) in [5, 5.41) is 3.47. The van der Waals surface area contributed by atoms with Crippen molar-refractivity contribution in [3.8, 4) is 0 Å². The van der Waals surface area contributed by atoms with Gasteiger partial charge in [0.2, 0.25) is 0 Å². The van der Waals surface area contributed by atoms with Crippen molar-refractivity contribution in [3.05, 3.63) is 50.4 Å². The van der Waals surface area contributed by atoms with Gasteiger partial charge in [-0.15, -0.1) is 0 Å². The lowest BCUT2D eigenvalue weighted by molar-refractivity contribution is 0.379. The highest BCUT2D eigenvalue weighted by Crippen LogP contribution is 2.22. The van der Waals surface area contributed by atoms with Crippen molar-refractivity contribution in [2.75, 3.05) is 0 Å². The number of nitrogens with zero attached hydrogens (tertiary/aromatic N) is 1. The predicted octanol–water partition coefficient (Wildman–Crippen LogP) is 1.31. The van der Waals surface area contributed by atoms with Gasteiger partial charge in [0, 0.05) is 0 Å². The van der Waals surface area contributed by atoms with Gasteiger partial charge in [-0.1, -0.05) is 11.2 Å². The summed E-state index contributed by atoms with van der Waals surface area (Å²) >= 11 is 3.05. The van der Waals surface area contributed by atoms with Crippen molar-refractivity contribution in [2.24, 2.45) is 5.73 Å². The summed E-state index contributed by atoms with van der Waals surface area (Å²) in [5.41, 5.74) is 6.42. The van der Waals surface area contributed by atoms with Crippen LogP contribution in [0.25, 0.3) is 0 Å². The van der Waals surface area contributed by atoms with Crippen LogP contribution in [0.3, 0.4) is 0 Å². The molecular weight excluding hydrogens is 281 g/mol. The molecule has 0 aliphatic rings. The quantitative estimate of drug-likeness (QED) is 0.872. The van der Waals surface area contributed by atoms with E-state index in [1.807, 2.05) is 0 Å². The fourth-order valence-corrected chi connectivity index (χ4v) is 1.64. The van der Waals surface area contributed by atoms with Gasteiger partial charge in [-0.2, -0.15) is 0 Å². The van der Waals surface area contributed by atoms with Gasteiger partial charge < -0.3 is 5.73 Å². The first kappa shape index (κ1) is 11.0. The van der Waals surface area contributed by atoms with E-state index >= 15 is 0 Å². The van der Waals surface area contributed by atoms with Crippen LogP contribution < -0.4 is 11.5 Å². The Labute approximate surface area is 97.6 Å². The minimum atomic E-state index is -0.674. The molecule has 0 bridgehead atoms. The number of rotatable bonds is 2. The maximum atomic E-state index is 13.0. The number of benzene rings is 1. The molecule has 0 saturated carbocycles. The first-order valence-electron chi connectivity index (χ1n) is 4.34. The molecule has 16 heavy (non-hydrogen) atoms. The zero-order valence-corrected chi connectivity index (χ0v) is 9.49. The summed E-state index contributed by atoms with van der Waals surface area (Å²) in [4.78, 5) is 13.1. The number of aromatic nitrogens is 2. The Kier molecular flexibility index (Phi) is 2.88. The Morgan fingerprint density at radius 2 is 2.31 bits per heavy atom. The average Bonchev–Trinajstić information content (AvgIpc) is 2.68. The van der Waals surface area contributed by atoms with Crippen LogP contribution in [0, 0.1) is 5.82 Å². The molecule has 0 aliphatic heterocycles. The first-order chi connectivity index (χ1) is 7.58. The third kappa shape index (κ3) is 2.05. The summed E-state index contributed by atoms with van der Waals surface area (Å²) in [6.45, 7) is 0. The number of hydrogen-bond acceptors (Lipinski definition) is 4. The third-order valence-corrected chi connectivity index (χ3v) is 2.66. The molecule has 0 fully saturated rings. The molecule has 1 aromatic carbocycles. The second-order valence-electron chi connectivity index (χ2n) is 3.13. The highest BCUT2D eigenvalue weighted by atomic mass is 79.9. The third-order valence-electron chi connectivity index (χ3n) is 2.05. The number of aromatic amines is 1. The van der Waals surface area contributed by atoms with Gasteiger partial charge in [-0.05, 0) is 33.6 Å². The molecule has 5 nitrogen and oxygen atoms in total. The van der Waals surface area contributed by atoms with E-state index < -0.39 is 11.8 Å². The fourth-order valence-electron chi connectivity index (χ4n) is 1.24. The average molecular weight is 288 g/mol. The van der Waals surface area contributed by atoms with E-state index in [0.717, 1.165) is 0 Å². The van der Waals surface area contributed by atoms with Gasteiger partial charge in [0.25, 0.3) is 0 Å². The Morgan fingerprint density at radius 3 is 2.88 bits per heavy atom. The minimum absolute atomic E-state index is 0.198. The van der Waals surface area contributed by atoms with E-state index in [4.69, 9.17) is 5.73 Å². The molecule has 1 heterocycles. The molecule has 0 saturated heterocycles. The fraction of sp³-hybridized carbons (Fsp3) is 0.111. The molecule has 0 spiro atoms. The van der Waals surface area contributed by atoms with E-state index in [0.29, 0.717) is 10.0 Å². The molecule has 84 valence electrons. The van der Waals surface area contributed by atoms with Gasteiger partial charge >= 0.3 is 5.76 Å². The molecule has 0 aliphatic carbocycles. The first-order valence-corrected chi connectivity index (χ1v) is 5.13.